The number of rotatable bonds is 2. The monoisotopic (exact) mass is 330 g/mol. The molecule has 5 heteroatoms. The fourth-order valence-corrected chi connectivity index (χ4v) is 3.74. The molecule has 0 saturated carbocycles. The summed E-state index contributed by atoms with van der Waals surface area (Å²) >= 11 is 1.67. The molecule has 1 aliphatic rings. The number of amides is 1. The fourth-order valence-electron chi connectivity index (χ4n) is 2.94. The van der Waals surface area contributed by atoms with E-state index in [1.54, 1.807) is 11.3 Å². The molecule has 1 aromatic carbocycles. The van der Waals surface area contributed by atoms with Crippen LogP contribution in [0.5, 0.6) is 0 Å². The standard InChI is InChI=1S/C18H22N2O2S/c1-11-16(23-10-19-11)13-5-7-14-12(9-13)6-8-15(14)20-17(21)22-18(2,3)4/h5,7,9-10,15H,6,8H2,1-4H3,(H,20,21)/t15-/m1/s1. The van der Waals surface area contributed by atoms with Crippen molar-refractivity contribution in [1.82, 2.24) is 10.3 Å². The molecule has 1 atom stereocenters. The molecule has 1 heterocycles. The van der Waals surface area contributed by atoms with Crippen molar-refractivity contribution >= 4 is 17.4 Å². The van der Waals surface area contributed by atoms with Crippen LogP contribution in [0, 0.1) is 6.92 Å². The second-order valence-corrected chi connectivity index (χ2v) is 7.77. The van der Waals surface area contributed by atoms with Crippen LogP contribution in [0.1, 0.15) is 50.1 Å². The Balaban J connectivity index is 1.77. The van der Waals surface area contributed by atoms with Gasteiger partial charge in [-0.3, -0.25) is 0 Å². The average Bonchev–Trinajstić information content (AvgIpc) is 3.03. The summed E-state index contributed by atoms with van der Waals surface area (Å²) in [6.07, 6.45) is 1.54. The van der Waals surface area contributed by atoms with Gasteiger partial charge in [-0.25, -0.2) is 9.78 Å². The van der Waals surface area contributed by atoms with Gasteiger partial charge in [-0.15, -0.1) is 11.3 Å². The number of carbonyl (C=O) groups excluding carboxylic acids is 1. The van der Waals surface area contributed by atoms with E-state index < -0.39 is 5.60 Å². The summed E-state index contributed by atoms with van der Waals surface area (Å²) in [5.74, 6) is 0. The lowest BCUT2D eigenvalue weighted by Gasteiger charge is -2.22. The Bertz CT molecular complexity index is 731. The Morgan fingerprint density at radius 3 is 2.83 bits per heavy atom. The van der Waals surface area contributed by atoms with Crippen molar-refractivity contribution in [2.24, 2.45) is 0 Å². The molecular formula is C18H22N2O2S. The SMILES string of the molecule is Cc1ncsc1-c1ccc2c(c1)CC[C@H]2NC(=O)OC(C)(C)C. The van der Waals surface area contributed by atoms with Crippen molar-refractivity contribution in [3.8, 4) is 10.4 Å². The third kappa shape index (κ3) is 3.55. The number of nitrogens with one attached hydrogen (secondary N) is 1. The molecule has 0 fully saturated rings. The van der Waals surface area contributed by atoms with Crippen molar-refractivity contribution in [1.29, 1.82) is 0 Å². The minimum atomic E-state index is -0.473. The summed E-state index contributed by atoms with van der Waals surface area (Å²) in [7, 11) is 0. The molecule has 3 rings (SSSR count). The molecule has 122 valence electrons. The molecule has 0 bridgehead atoms. The van der Waals surface area contributed by atoms with Gasteiger partial charge in [0.15, 0.2) is 0 Å². The summed E-state index contributed by atoms with van der Waals surface area (Å²) in [6, 6.07) is 6.51. The third-order valence-electron chi connectivity index (χ3n) is 3.92. The van der Waals surface area contributed by atoms with E-state index in [9.17, 15) is 4.79 Å². The van der Waals surface area contributed by atoms with Crippen LogP contribution in [-0.4, -0.2) is 16.7 Å². The van der Waals surface area contributed by atoms with Gasteiger partial charge in [0, 0.05) is 0 Å². The molecule has 0 radical (unpaired) electrons. The Morgan fingerprint density at radius 2 is 2.17 bits per heavy atom. The van der Waals surface area contributed by atoms with Crippen LogP contribution in [-0.2, 0) is 11.2 Å². The van der Waals surface area contributed by atoms with Crippen molar-refractivity contribution < 1.29 is 9.53 Å². The van der Waals surface area contributed by atoms with Gasteiger partial charge in [0.1, 0.15) is 5.60 Å². The maximum atomic E-state index is 12.0. The van der Waals surface area contributed by atoms with Crippen LogP contribution in [0.25, 0.3) is 10.4 Å². The van der Waals surface area contributed by atoms with E-state index in [4.69, 9.17) is 4.74 Å². The van der Waals surface area contributed by atoms with Crippen LogP contribution in [0.15, 0.2) is 23.7 Å². The first-order valence-electron chi connectivity index (χ1n) is 7.86. The number of carbonyl (C=O) groups is 1. The molecule has 1 N–H and O–H groups in total. The smallest absolute Gasteiger partial charge is 0.408 e. The number of alkyl carbamates (subject to hydrolysis) is 1. The summed E-state index contributed by atoms with van der Waals surface area (Å²) in [4.78, 5) is 17.5. The van der Waals surface area contributed by atoms with Crippen LogP contribution in [0.2, 0.25) is 0 Å². The van der Waals surface area contributed by atoms with Crippen molar-refractivity contribution in [2.75, 3.05) is 0 Å². The second-order valence-electron chi connectivity index (χ2n) is 6.92. The molecule has 1 aliphatic carbocycles. The van der Waals surface area contributed by atoms with E-state index in [2.05, 4.69) is 28.5 Å². The van der Waals surface area contributed by atoms with Gasteiger partial charge in [-0.1, -0.05) is 12.1 Å². The highest BCUT2D eigenvalue weighted by molar-refractivity contribution is 7.13. The molecule has 2 aromatic rings. The molecule has 0 unspecified atom stereocenters. The van der Waals surface area contributed by atoms with Crippen molar-refractivity contribution in [3.63, 3.8) is 0 Å². The van der Waals surface area contributed by atoms with Gasteiger partial charge in [-0.05, 0) is 63.3 Å². The van der Waals surface area contributed by atoms with Crippen molar-refractivity contribution in [2.45, 2.75) is 52.2 Å². The zero-order valence-corrected chi connectivity index (χ0v) is 14.8. The second kappa shape index (κ2) is 5.96. The molecule has 4 nitrogen and oxygen atoms in total. The zero-order chi connectivity index (χ0) is 16.6. The summed E-state index contributed by atoms with van der Waals surface area (Å²) in [5.41, 5.74) is 6.18. The molecule has 23 heavy (non-hydrogen) atoms. The molecule has 0 spiro atoms. The predicted molar refractivity (Wildman–Crippen MR) is 92.7 cm³/mol. The number of nitrogens with zero attached hydrogens (tertiary/aromatic N) is 1. The normalized spacial score (nSPS) is 17.0. The topological polar surface area (TPSA) is 51.2 Å². The van der Waals surface area contributed by atoms with Crippen LogP contribution < -0.4 is 5.32 Å². The van der Waals surface area contributed by atoms with Crippen LogP contribution >= 0.6 is 11.3 Å². The van der Waals surface area contributed by atoms with E-state index in [1.165, 1.54) is 21.6 Å². The number of aryl methyl sites for hydroxylation is 2. The summed E-state index contributed by atoms with van der Waals surface area (Å²) in [5, 5.41) is 2.99. The fraction of sp³-hybridized carbons (Fsp3) is 0.444. The van der Waals surface area contributed by atoms with Gasteiger partial charge in [-0.2, -0.15) is 0 Å². The molecule has 0 saturated heterocycles. The van der Waals surface area contributed by atoms with Gasteiger partial charge >= 0.3 is 6.09 Å². The molecular weight excluding hydrogens is 308 g/mol. The van der Waals surface area contributed by atoms with Gasteiger partial charge in [0.2, 0.25) is 0 Å². The third-order valence-corrected chi connectivity index (χ3v) is 4.90. The number of benzene rings is 1. The van der Waals surface area contributed by atoms with E-state index in [0.29, 0.717) is 0 Å². The van der Waals surface area contributed by atoms with E-state index in [-0.39, 0.29) is 12.1 Å². The lowest BCUT2D eigenvalue weighted by molar-refractivity contribution is 0.0503. The number of ether oxygens (including phenoxy) is 1. The Labute approximate surface area is 140 Å². The van der Waals surface area contributed by atoms with Gasteiger partial charge in [0.05, 0.1) is 22.1 Å². The maximum absolute atomic E-state index is 12.0. The number of aromatic nitrogens is 1. The summed E-state index contributed by atoms with van der Waals surface area (Å²) < 4.78 is 5.36. The van der Waals surface area contributed by atoms with Crippen LogP contribution in [0.4, 0.5) is 4.79 Å². The number of hydrogen-bond donors (Lipinski definition) is 1. The Morgan fingerprint density at radius 1 is 1.39 bits per heavy atom. The first kappa shape index (κ1) is 16.0. The minimum absolute atomic E-state index is 0.0384. The van der Waals surface area contributed by atoms with E-state index >= 15 is 0 Å². The lowest BCUT2D eigenvalue weighted by Crippen LogP contribution is -2.34. The Hall–Kier alpha value is -1.88. The predicted octanol–water partition coefficient (Wildman–Crippen LogP) is 4.63. The van der Waals surface area contributed by atoms with E-state index in [0.717, 1.165) is 18.5 Å². The molecule has 0 aliphatic heterocycles. The average molecular weight is 330 g/mol. The van der Waals surface area contributed by atoms with Gasteiger partial charge in [0.25, 0.3) is 0 Å². The zero-order valence-electron chi connectivity index (χ0n) is 14.0. The van der Waals surface area contributed by atoms with E-state index in [1.807, 2.05) is 33.2 Å². The molecule has 1 amide bonds. The first-order chi connectivity index (χ1) is 10.8. The highest BCUT2D eigenvalue weighted by Gasteiger charge is 2.26. The quantitative estimate of drug-likeness (QED) is 0.873. The van der Waals surface area contributed by atoms with Crippen LogP contribution in [0.3, 0.4) is 0 Å². The highest BCUT2D eigenvalue weighted by Crippen LogP contribution is 2.36. The van der Waals surface area contributed by atoms with Gasteiger partial charge < -0.3 is 10.1 Å². The van der Waals surface area contributed by atoms with Crippen molar-refractivity contribution in [3.05, 3.63) is 40.5 Å². The lowest BCUT2D eigenvalue weighted by atomic mass is 10.0. The number of fused-ring (bicyclic) bond motifs is 1. The largest absolute Gasteiger partial charge is 0.444 e. The summed E-state index contributed by atoms with van der Waals surface area (Å²) in [6.45, 7) is 7.66. The molecule has 1 aromatic heterocycles. The number of hydrogen-bond acceptors (Lipinski definition) is 4. The maximum Gasteiger partial charge on any atom is 0.408 e. The first-order valence-corrected chi connectivity index (χ1v) is 8.74. The highest BCUT2D eigenvalue weighted by atomic mass is 32.1. The number of thiazole rings is 1. The minimum Gasteiger partial charge on any atom is -0.444 e. The Kier molecular flexibility index (Phi) is 4.15.